The maximum Gasteiger partial charge on any atom is 0.356 e. The van der Waals surface area contributed by atoms with E-state index >= 15 is 0 Å². The Hall–Kier alpha value is -2.43. The van der Waals surface area contributed by atoms with Crippen molar-refractivity contribution in [3.05, 3.63) is 41.7 Å². The lowest BCUT2D eigenvalue weighted by molar-refractivity contribution is -0.105. The molecule has 138 valence electrons. The van der Waals surface area contributed by atoms with E-state index in [1.54, 1.807) is 24.3 Å². The van der Waals surface area contributed by atoms with Crippen molar-refractivity contribution < 1.29 is 26.9 Å². The minimum absolute atomic E-state index is 0.0000672. The van der Waals surface area contributed by atoms with Gasteiger partial charge >= 0.3 is 5.97 Å². The quantitative estimate of drug-likeness (QED) is 0.318. The molecule has 1 heterocycles. The number of carbonyl (C=O) groups excluding carboxylic acids is 2. The number of benzene rings is 1. The molecule has 0 aliphatic rings. The molecule has 0 aliphatic carbocycles. The minimum atomic E-state index is -3.67. The standard InChI is InChI=1S/C16H16N2O6S2/c1-23-16(20)14-6-10(5-12(18-14)8-24-26(2,21)22)13-4-3-11(17-9-19)7-15(13)25/h3-7,9,25H,8H2,1-2H3,(H,17,19). The maximum atomic E-state index is 11.9. The Balaban J connectivity index is 2.49. The van der Waals surface area contributed by atoms with E-state index in [2.05, 4.69) is 27.7 Å². The van der Waals surface area contributed by atoms with E-state index in [-0.39, 0.29) is 18.0 Å². The van der Waals surface area contributed by atoms with Crippen LogP contribution in [0.2, 0.25) is 0 Å². The summed E-state index contributed by atoms with van der Waals surface area (Å²) >= 11 is 4.39. The van der Waals surface area contributed by atoms with Crippen molar-refractivity contribution in [3.8, 4) is 11.1 Å². The highest BCUT2D eigenvalue weighted by Gasteiger charge is 2.15. The molecule has 0 saturated heterocycles. The second-order valence-electron chi connectivity index (χ2n) is 5.18. The Morgan fingerprint density at radius 3 is 2.62 bits per heavy atom. The summed E-state index contributed by atoms with van der Waals surface area (Å²) in [5.74, 6) is -0.674. The van der Waals surface area contributed by atoms with E-state index in [9.17, 15) is 18.0 Å². The van der Waals surface area contributed by atoms with Crippen LogP contribution >= 0.6 is 12.6 Å². The van der Waals surface area contributed by atoms with E-state index in [0.717, 1.165) is 6.26 Å². The van der Waals surface area contributed by atoms with Gasteiger partial charge in [-0.2, -0.15) is 8.42 Å². The highest BCUT2D eigenvalue weighted by Crippen LogP contribution is 2.30. The molecule has 1 amide bonds. The van der Waals surface area contributed by atoms with Gasteiger partial charge in [-0.1, -0.05) is 6.07 Å². The summed E-state index contributed by atoms with van der Waals surface area (Å²) in [7, 11) is -2.46. The molecule has 0 bridgehead atoms. The van der Waals surface area contributed by atoms with Crippen molar-refractivity contribution in [2.45, 2.75) is 11.5 Å². The lowest BCUT2D eigenvalue weighted by atomic mass is 10.0. The molecule has 1 aromatic heterocycles. The van der Waals surface area contributed by atoms with Gasteiger partial charge in [0.2, 0.25) is 6.41 Å². The van der Waals surface area contributed by atoms with E-state index < -0.39 is 16.1 Å². The molecule has 0 radical (unpaired) electrons. The average Bonchev–Trinajstić information content (AvgIpc) is 2.59. The number of thiol groups is 1. The zero-order chi connectivity index (χ0) is 19.3. The summed E-state index contributed by atoms with van der Waals surface area (Å²) in [5, 5.41) is 2.51. The summed E-state index contributed by atoms with van der Waals surface area (Å²) in [4.78, 5) is 27.0. The zero-order valence-corrected chi connectivity index (χ0v) is 15.6. The molecule has 2 rings (SSSR count). The van der Waals surface area contributed by atoms with Gasteiger partial charge in [0.15, 0.2) is 0 Å². The van der Waals surface area contributed by atoms with Crippen molar-refractivity contribution >= 4 is 40.8 Å². The number of rotatable bonds is 7. The maximum absolute atomic E-state index is 11.9. The first-order valence-corrected chi connectivity index (χ1v) is 9.47. The fourth-order valence-electron chi connectivity index (χ4n) is 2.13. The molecular formula is C16H16N2O6S2. The van der Waals surface area contributed by atoms with Crippen molar-refractivity contribution in [1.82, 2.24) is 4.98 Å². The molecular weight excluding hydrogens is 380 g/mol. The molecule has 0 fully saturated rings. The Kier molecular flexibility index (Phi) is 6.35. The third-order valence-electron chi connectivity index (χ3n) is 3.23. The Morgan fingerprint density at radius 1 is 1.31 bits per heavy atom. The minimum Gasteiger partial charge on any atom is -0.464 e. The zero-order valence-electron chi connectivity index (χ0n) is 13.9. The topological polar surface area (TPSA) is 112 Å². The normalized spacial score (nSPS) is 11.0. The van der Waals surface area contributed by atoms with Crippen LogP contribution in [0, 0.1) is 0 Å². The monoisotopic (exact) mass is 396 g/mol. The number of methoxy groups -OCH3 is 1. The van der Waals surface area contributed by atoms with Gasteiger partial charge in [0.1, 0.15) is 12.3 Å². The fraction of sp³-hybridized carbons (Fsp3) is 0.188. The van der Waals surface area contributed by atoms with E-state index in [4.69, 9.17) is 4.18 Å². The first-order valence-electron chi connectivity index (χ1n) is 7.20. The van der Waals surface area contributed by atoms with Crippen molar-refractivity contribution in [1.29, 1.82) is 0 Å². The molecule has 0 spiro atoms. The number of ether oxygens (including phenoxy) is 1. The van der Waals surface area contributed by atoms with Gasteiger partial charge in [-0.15, -0.1) is 12.6 Å². The fourth-order valence-corrected chi connectivity index (χ4v) is 2.80. The van der Waals surface area contributed by atoms with Crippen LogP contribution in [0.25, 0.3) is 11.1 Å². The third kappa shape index (κ3) is 5.28. The number of carbonyl (C=O) groups is 2. The first kappa shape index (κ1) is 19.9. The largest absolute Gasteiger partial charge is 0.464 e. The molecule has 10 heteroatoms. The van der Waals surface area contributed by atoms with Crippen LogP contribution in [0.15, 0.2) is 35.2 Å². The lowest BCUT2D eigenvalue weighted by Crippen LogP contribution is -2.09. The number of esters is 1. The third-order valence-corrected chi connectivity index (χ3v) is 4.14. The number of amides is 1. The smallest absolute Gasteiger partial charge is 0.356 e. The summed E-state index contributed by atoms with van der Waals surface area (Å²) < 4.78 is 31.8. The predicted molar refractivity (Wildman–Crippen MR) is 97.6 cm³/mol. The van der Waals surface area contributed by atoms with Gasteiger partial charge in [0, 0.05) is 10.6 Å². The molecule has 8 nitrogen and oxygen atoms in total. The summed E-state index contributed by atoms with van der Waals surface area (Å²) in [6, 6.07) is 8.08. The second-order valence-corrected chi connectivity index (χ2v) is 7.31. The summed E-state index contributed by atoms with van der Waals surface area (Å²) in [5.41, 5.74) is 2.00. The number of hydrogen-bond donors (Lipinski definition) is 2. The van der Waals surface area contributed by atoms with Crippen LogP contribution in [0.4, 0.5) is 5.69 Å². The number of hydrogen-bond acceptors (Lipinski definition) is 8. The lowest BCUT2D eigenvalue weighted by Gasteiger charge is -2.11. The Labute approximate surface area is 156 Å². The van der Waals surface area contributed by atoms with Crippen LogP contribution in [0.1, 0.15) is 16.2 Å². The van der Waals surface area contributed by atoms with Crippen LogP contribution in [-0.2, 0) is 30.4 Å². The Morgan fingerprint density at radius 2 is 2.04 bits per heavy atom. The van der Waals surface area contributed by atoms with Crippen LogP contribution in [-0.4, -0.2) is 39.1 Å². The molecule has 26 heavy (non-hydrogen) atoms. The van der Waals surface area contributed by atoms with Crippen LogP contribution < -0.4 is 5.32 Å². The molecule has 1 N–H and O–H groups in total. The van der Waals surface area contributed by atoms with Gasteiger partial charge in [0.05, 0.1) is 19.1 Å². The van der Waals surface area contributed by atoms with Crippen LogP contribution in [0.5, 0.6) is 0 Å². The van der Waals surface area contributed by atoms with Gasteiger partial charge in [-0.05, 0) is 35.4 Å². The van der Waals surface area contributed by atoms with E-state index in [1.165, 1.54) is 13.2 Å². The van der Waals surface area contributed by atoms with Gasteiger partial charge in [-0.25, -0.2) is 9.78 Å². The second kappa shape index (κ2) is 8.30. The van der Waals surface area contributed by atoms with Crippen molar-refractivity contribution in [2.75, 3.05) is 18.7 Å². The van der Waals surface area contributed by atoms with E-state index in [0.29, 0.717) is 28.1 Å². The number of aromatic nitrogens is 1. The molecule has 0 unspecified atom stereocenters. The number of nitrogens with one attached hydrogen (secondary N) is 1. The molecule has 0 saturated carbocycles. The molecule has 0 aliphatic heterocycles. The van der Waals surface area contributed by atoms with E-state index in [1.807, 2.05) is 0 Å². The number of pyridine rings is 1. The SMILES string of the molecule is COC(=O)c1cc(-c2ccc(NC=O)cc2S)cc(COS(C)(=O)=O)n1. The number of anilines is 1. The predicted octanol–water partition coefficient (Wildman–Crippen LogP) is 1.87. The molecule has 1 aromatic carbocycles. The highest BCUT2D eigenvalue weighted by molar-refractivity contribution is 7.85. The van der Waals surface area contributed by atoms with Crippen LogP contribution in [0.3, 0.4) is 0 Å². The molecule has 2 aromatic rings. The number of nitrogens with zero attached hydrogens (tertiary/aromatic N) is 1. The van der Waals surface area contributed by atoms with Gasteiger partial charge in [0.25, 0.3) is 10.1 Å². The Bertz CT molecular complexity index is 944. The highest BCUT2D eigenvalue weighted by atomic mass is 32.2. The van der Waals surface area contributed by atoms with Gasteiger partial charge < -0.3 is 10.1 Å². The average molecular weight is 396 g/mol. The van der Waals surface area contributed by atoms with Crippen molar-refractivity contribution in [2.24, 2.45) is 0 Å². The summed E-state index contributed by atoms with van der Waals surface area (Å²) in [6.45, 7) is -0.330. The van der Waals surface area contributed by atoms with Gasteiger partial charge in [-0.3, -0.25) is 8.98 Å². The van der Waals surface area contributed by atoms with Crippen molar-refractivity contribution in [3.63, 3.8) is 0 Å². The molecule has 0 atom stereocenters. The summed E-state index contributed by atoms with van der Waals surface area (Å²) in [6.07, 6.45) is 1.47. The first-order chi connectivity index (χ1) is 12.2.